The molecule has 2 aromatic heterocycles. The maximum absolute atomic E-state index is 4.55. The van der Waals surface area contributed by atoms with E-state index in [4.69, 9.17) is 0 Å². The molecule has 0 bridgehead atoms. The fourth-order valence-electron chi connectivity index (χ4n) is 1.84. The Kier molecular flexibility index (Phi) is 5.28. The van der Waals surface area contributed by atoms with E-state index in [0.29, 0.717) is 6.04 Å². The smallest absolute Gasteiger partial charge is 0.0943 e. The van der Waals surface area contributed by atoms with Crippen LogP contribution < -0.4 is 5.32 Å². The SMILES string of the molecule is CCCNC(Cc1nccs1)Cc1nc(C)cs1. The van der Waals surface area contributed by atoms with Crippen LogP contribution in [0.25, 0.3) is 0 Å². The second-order valence-corrected chi connectivity index (χ2v) is 6.29. The van der Waals surface area contributed by atoms with Crippen molar-refractivity contribution in [3.05, 3.63) is 32.7 Å². The zero-order valence-corrected chi connectivity index (χ0v) is 12.5. The molecule has 0 amide bonds. The van der Waals surface area contributed by atoms with Crippen LogP contribution in [-0.4, -0.2) is 22.6 Å². The van der Waals surface area contributed by atoms with Gasteiger partial charge in [-0.15, -0.1) is 22.7 Å². The summed E-state index contributed by atoms with van der Waals surface area (Å²) in [5.41, 5.74) is 1.12. The first-order chi connectivity index (χ1) is 8.78. The summed E-state index contributed by atoms with van der Waals surface area (Å²) in [6.07, 6.45) is 5.03. The topological polar surface area (TPSA) is 37.8 Å². The van der Waals surface area contributed by atoms with E-state index in [-0.39, 0.29) is 0 Å². The molecule has 2 aromatic rings. The monoisotopic (exact) mass is 281 g/mol. The minimum absolute atomic E-state index is 0.446. The molecule has 5 heteroatoms. The Morgan fingerprint density at radius 2 is 2.11 bits per heavy atom. The average molecular weight is 281 g/mol. The molecule has 0 radical (unpaired) electrons. The van der Waals surface area contributed by atoms with Crippen molar-refractivity contribution in [2.24, 2.45) is 0 Å². The summed E-state index contributed by atoms with van der Waals surface area (Å²) in [6, 6.07) is 0.446. The minimum atomic E-state index is 0.446. The first kappa shape index (κ1) is 13.6. The highest BCUT2D eigenvalue weighted by Crippen LogP contribution is 2.14. The van der Waals surface area contributed by atoms with Gasteiger partial charge in [-0.05, 0) is 19.9 Å². The lowest BCUT2D eigenvalue weighted by molar-refractivity contribution is 0.503. The Hall–Kier alpha value is -0.780. The number of nitrogens with zero attached hydrogens (tertiary/aromatic N) is 2. The first-order valence-corrected chi connectivity index (χ1v) is 8.06. The summed E-state index contributed by atoms with van der Waals surface area (Å²) in [7, 11) is 0. The highest BCUT2D eigenvalue weighted by atomic mass is 32.1. The van der Waals surface area contributed by atoms with Gasteiger partial charge in [-0.3, -0.25) is 0 Å². The molecular formula is C13H19N3S2. The number of hydrogen-bond acceptors (Lipinski definition) is 5. The van der Waals surface area contributed by atoms with E-state index >= 15 is 0 Å². The van der Waals surface area contributed by atoms with Crippen molar-refractivity contribution in [3.63, 3.8) is 0 Å². The van der Waals surface area contributed by atoms with Crippen LogP contribution in [0.1, 0.15) is 29.1 Å². The van der Waals surface area contributed by atoms with Gasteiger partial charge >= 0.3 is 0 Å². The van der Waals surface area contributed by atoms with Crippen molar-refractivity contribution < 1.29 is 0 Å². The van der Waals surface area contributed by atoms with Crippen LogP contribution in [0.4, 0.5) is 0 Å². The highest BCUT2D eigenvalue weighted by Gasteiger charge is 2.13. The van der Waals surface area contributed by atoms with Gasteiger partial charge in [0, 0.05) is 41.5 Å². The predicted octanol–water partition coefficient (Wildman–Crippen LogP) is 3.06. The summed E-state index contributed by atoms with van der Waals surface area (Å²) >= 11 is 3.49. The molecule has 0 aromatic carbocycles. The Balaban J connectivity index is 1.95. The molecule has 0 saturated carbocycles. The lowest BCUT2D eigenvalue weighted by Crippen LogP contribution is -2.33. The molecule has 0 aliphatic carbocycles. The Morgan fingerprint density at radius 1 is 1.28 bits per heavy atom. The van der Waals surface area contributed by atoms with E-state index in [0.717, 1.165) is 31.5 Å². The molecule has 0 fully saturated rings. The molecule has 1 unspecified atom stereocenters. The van der Waals surface area contributed by atoms with Crippen LogP contribution in [0, 0.1) is 6.92 Å². The van der Waals surface area contributed by atoms with E-state index in [1.165, 1.54) is 10.0 Å². The van der Waals surface area contributed by atoms with Crippen LogP contribution in [0.2, 0.25) is 0 Å². The van der Waals surface area contributed by atoms with Gasteiger partial charge in [0.2, 0.25) is 0 Å². The summed E-state index contributed by atoms with van der Waals surface area (Å²) in [4.78, 5) is 8.92. The van der Waals surface area contributed by atoms with Crippen LogP contribution in [0.3, 0.4) is 0 Å². The molecule has 2 rings (SSSR count). The highest BCUT2D eigenvalue weighted by molar-refractivity contribution is 7.09. The third-order valence-electron chi connectivity index (χ3n) is 2.68. The van der Waals surface area contributed by atoms with Crippen LogP contribution >= 0.6 is 22.7 Å². The summed E-state index contributed by atoms with van der Waals surface area (Å²) in [5.74, 6) is 0. The third kappa shape index (κ3) is 4.15. The van der Waals surface area contributed by atoms with Crippen molar-refractivity contribution in [3.8, 4) is 0 Å². The quantitative estimate of drug-likeness (QED) is 0.847. The summed E-state index contributed by atoms with van der Waals surface area (Å²) in [6.45, 7) is 5.30. The van der Waals surface area contributed by atoms with Crippen molar-refractivity contribution in [2.45, 2.75) is 39.2 Å². The molecule has 0 aliphatic rings. The van der Waals surface area contributed by atoms with Gasteiger partial charge in [0.1, 0.15) is 0 Å². The Labute approximate surface area is 116 Å². The molecule has 2 heterocycles. The van der Waals surface area contributed by atoms with Crippen molar-refractivity contribution in [2.75, 3.05) is 6.54 Å². The molecule has 98 valence electrons. The fraction of sp³-hybridized carbons (Fsp3) is 0.538. The Bertz CT molecular complexity index is 451. The van der Waals surface area contributed by atoms with Gasteiger partial charge in [0.25, 0.3) is 0 Å². The largest absolute Gasteiger partial charge is 0.313 e. The molecule has 1 N–H and O–H groups in total. The van der Waals surface area contributed by atoms with Crippen LogP contribution in [-0.2, 0) is 12.8 Å². The normalized spacial score (nSPS) is 12.8. The van der Waals surface area contributed by atoms with Crippen molar-refractivity contribution >= 4 is 22.7 Å². The van der Waals surface area contributed by atoms with Gasteiger partial charge < -0.3 is 5.32 Å². The second-order valence-electron chi connectivity index (χ2n) is 4.37. The van der Waals surface area contributed by atoms with Crippen LogP contribution in [0.5, 0.6) is 0 Å². The standard InChI is InChI=1S/C13H19N3S2/c1-3-4-14-11(7-12-15-5-6-17-12)8-13-16-10(2)9-18-13/h5-6,9,11,14H,3-4,7-8H2,1-2H3. The predicted molar refractivity (Wildman–Crippen MR) is 78.5 cm³/mol. The summed E-state index contributed by atoms with van der Waals surface area (Å²) < 4.78 is 0. The third-order valence-corrected chi connectivity index (χ3v) is 4.47. The minimum Gasteiger partial charge on any atom is -0.313 e. The molecule has 0 saturated heterocycles. The number of aryl methyl sites for hydroxylation is 1. The number of rotatable bonds is 7. The van der Waals surface area contributed by atoms with Gasteiger partial charge in [0.05, 0.1) is 10.0 Å². The lowest BCUT2D eigenvalue weighted by atomic mass is 10.1. The van der Waals surface area contributed by atoms with E-state index in [9.17, 15) is 0 Å². The number of nitrogens with one attached hydrogen (secondary N) is 1. The number of aromatic nitrogens is 2. The van der Waals surface area contributed by atoms with E-state index < -0.39 is 0 Å². The zero-order chi connectivity index (χ0) is 12.8. The first-order valence-electron chi connectivity index (χ1n) is 6.30. The number of thiazole rings is 2. The molecule has 1 atom stereocenters. The maximum Gasteiger partial charge on any atom is 0.0943 e. The van der Waals surface area contributed by atoms with Crippen molar-refractivity contribution in [1.82, 2.24) is 15.3 Å². The molecule has 3 nitrogen and oxygen atoms in total. The van der Waals surface area contributed by atoms with Gasteiger partial charge in [-0.25, -0.2) is 9.97 Å². The van der Waals surface area contributed by atoms with E-state index in [2.05, 4.69) is 34.5 Å². The molecule has 0 spiro atoms. The molecular weight excluding hydrogens is 262 g/mol. The van der Waals surface area contributed by atoms with Crippen LogP contribution in [0.15, 0.2) is 17.0 Å². The number of hydrogen-bond donors (Lipinski definition) is 1. The van der Waals surface area contributed by atoms with E-state index in [1.54, 1.807) is 22.7 Å². The van der Waals surface area contributed by atoms with E-state index in [1.807, 2.05) is 11.6 Å². The maximum atomic E-state index is 4.55. The lowest BCUT2D eigenvalue weighted by Gasteiger charge is -2.15. The average Bonchev–Trinajstić information content (AvgIpc) is 2.98. The molecule has 18 heavy (non-hydrogen) atoms. The zero-order valence-electron chi connectivity index (χ0n) is 10.8. The second kappa shape index (κ2) is 6.97. The fourth-order valence-corrected chi connectivity index (χ4v) is 3.39. The van der Waals surface area contributed by atoms with Gasteiger partial charge in [-0.1, -0.05) is 6.92 Å². The van der Waals surface area contributed by atoms with Crippen molar-refractivity contribution in [1.29, 1.82) is 0 Å². The summed E-state index contributed by atoms with van der Waals surface area (Å²) in [5, 5.41) is 10.2. The Morgan fingerprint density at radius 3 is 2.72 bits per heavy atom. The van der Waals surface area contributed by atoms with Gasteiger partial charge in [0.15, 0.2) is 0 Å². The molecule has 0 aliphatic heterocycles. The van der Waals surface area contributed by atoms with Gasteiger partial charge in [-0.2, -0.15) is 0 Å².